The average molecular weight is 222 g/mol. The molecule has 1 nitrogen and oxygen atoms in total. The summed E-state index contributed by atoms with van der Waals surface area (Å²) in [5.74, 6) is 0.160. The molecule has 0 aliphatic heterocycles. The van der Waals surface area contributed by atoms with Crippen molar-refractivity contribution in [1.82, 2.24) is 0 Å². The Balaban J connectivity index is 2.24. The third-order valence-corrected chi connectivity index (χ3v) is 3.58. The minimum absolute atomic E-state index is 0.167. The molecular weight excluding hydrogens is 203 g/mol. The number of aryl methyl sites for hydroxylation is 1. The van der Waals surface area contributed by atoms with E-state index in [1.807, 2.05) is 13.0 Å². The average Bonchev–Trinajstić information content (AvgIpc) is 2.46. The van der Waals surface area contributed by atoms with Crippen LogP contribution in [0.2, 0.25) is 0 Å². The van der Waals surface area contributed by atoms with Gasteiger partial charge in [-0.1, -0.05) is 18.9 Å². The summed E-state index contributed by atoms with van der Waals surface area (Å²) in [7, 11) is 0. The lowest BCUT2D eigenvalue weighted by Crippen LogP contribution is -2.10. The number of hydrogen-bond donors (Lipinski definition) is 1. The first-order chi connectivity index (χ1) is 7.66. The number of hydrogen-bond acceptors (Lipinski definition) is 1. The fourth-order valence-corrected chi connectivity index (χ4v) is 2.67. The second-order valence-electron chi connectivity index (χ2n) is 4.87. The Morgan fingerprint density at radius 1 is 1.25 bits per heavy atom. The summed E-state index contributed by atoms with van der Waals surface area (Å²) >= 11 is 0. The quantitative estimate of drug-likeness (QED) is 0.720. The molecule has 2 rings (SSSR count). The van der Waals surface area contributed by atoms with E-state index in [1.54, 1.807) is 6.07 Å². The van der Waals surface area contributed by atoms with E-state index in [4.69, 9.17) is 0 Å². The van der Waals surface area contributed by atoms with Crippen LogP contribution in [0, 0.1) is 12.7 Å². The Morgan fingerprint density at radius 3 is 2.81 bits per heavy atom. The lowest BCUT2D eigenvalue weighted by atomic mass is 9.88. The van der Waals surface area contributed by atoms with Crippen LogP contribution >= 0.6 is 0 Å². The van der Waals surface area contributed by atoms with Gasteiger partial charge in [-0.05, 0) is 55.4 Å². The lowest BCUT2D eigenvalue weighted by molar-refractivity contribution is 0.151. The maximum atomic E-state index is 13.2. The molecule has 0 bridgehead atoms. The van der Waals surface area contributed by atoms with Crippen molar-refractivity contribution in [2.45, 2.75) is 51.0 Å². The molecule has 1 saturated carbocycles. The Morgan fingerprint density at radius 2 is 2.00 bits per heavy atom. The number of aliphatic hydroxyl groups excluding tert-OH is 1. The van der Waals surface area contributed by atoms with Crippen LogP contribution in [0.5, 0.6) is 0 Å². The molecule has 0 heterocycles. The Bertz CT molecular complexity index is 362. The fraction of sp³-hybridized carbons (Fsp3) is 0.571. The molecule has 1 aliphatic carbocycles. The van der Waals surface area contributed by atoms with Crippen LogP contribution in [0.3, 0.4) is 0 Å². The van der Waals surface area contributed by atoms with Gasteiger partial charge >= 0.3 is 0 Å². The molecule has 16 heavy (non-hydrogen) atoms. The first-order valence-electron chi connectivity index (χ1n) is 6.11. The Kier molecular flexibility index (Phi) is 3.59. The van der Waals surface area contributed by atoms with E-state index in [-0.39, 0.29) is 11.9 Å². The predicted octanol–water partition coefficient (Wildman–Crippen LogP) is 3.54. The summed E-state index contributed by atoms with van der Waals surface area (Å²) in [4.78, 5) is 0. The molecule has 0 saturated heterocycles. The standard InChI is InChI=1S/C14H19FO/c1-10-6-7-12(15)9-14(10)11-4-2-3-5-13(16)8-11/h6-7,9,11,13,16H,2-5,8H2,1H3. The van der Waals surface area contributed by atoms with E-state index in [0.717, 1.165) is 43.2 Å². The second-order valence-corrected chi connectivity index (χ2v) is 4.87. The normalized spacial score (nSPS) is 26.4. The summed E-state index contributed by atoms with van der Waals surface area (Å²) in [6.07, 6.45) is 4.76. The summed E-state index contributed by atoms with van der Waals surface area (Å²) in [6.45, 7) is 2.02. The van der Waals surface area contributed by atoms with Gasteiger partial charge in [-0.2, -0.15) is 0 Å². The molecule has 1 aliphatic rings. The zero-order valence-electron chi connectivity index (χ0n) is 9.75. The molecule has 2 heteroatoms. The summed E-state index contributed by atoms with van der Waals surface area (Å²) in [6, 6.07) is 4.98. The van der Waals surface area contributed by atoms with Crippen LogP contribution in [-0.4, -0.2) is 11.2 Å². The number of halogens is 1. The van der Waals surface area contributed by atoms with Crippen LogP contribution in [0.1, 0.15) is 49.1 Å². The highest BCUT2D eigenvalue weighted by molar-refractivity contribution is 5.30. The summed E-state index contributed by atoms with van der Waals surface area (Å²) in [5, 5.41) is 9.79. The fourth-order valence-electron chi connectivity index (χ4n) is 2.67. The van der Waals surface area contributed by atoms with Crippen LogP contribution in [0.25, 0.3) is 0 Å². The van der Waals surface area contributed by atoms with E-state index in [9.17, 15) is 9.50 Å². The zero-order valence-corrected chi connectivity index (χ0v) is 9.75. The maximum Gasteiger partial charge on any atom is 0.123 e. The van der Waals surface area contributed by atoms with Crippen molar-refractivity contribution in [3.63, 3.8) is 0 Å². The van der Waals surface area contributed by atoms with Crippen LogP contribution < -0.4 is 0 Å². The van der Waals surface area contributed by atoms with Crippen molar-refractivity contribution in [1.29, 1.82) is 0 Å². The van der Waals surface area contributed by atoms with Crippen molar-refractivity contribution in [3.8, 4) is 0 Å². The molecule has 0 amide bonds. The Hall–Kier alpha value is -0.890. The van der Waals surface area contributed by atoms with Crippen LogP contribution in [0.15, 0.2) is 18.2 Å². The maximum absolute atomic E-state index is 13.2. The molecule has 1 N–H and O–H groups in total. The first kappa shape index (κ1) is 11.6. The molecule has 88 valence electrons. The van der Waals surface area contributed by atoms with Gasteiger partial charge in [0, 0.05) is 0 Å². The highest BCUT2D eigenvalue weighted by Crippen LogP contribution is 2.33. The molecular formula is C14H19FO. The topological polar surface area (TPSA) is 20.2 Å². The van der Waals surface area contributed by atoms with E-state index < -0.39 is 0 Å². The third-order valence-electron chi connectivity index (χ3n) is 3.58. The second kappa shape index (κ2) is 4.96. The molecule has 0 radical (unpaired) electrons. The van der Waals surface area contributed by atoms with Crippen molar-refractivity contribution >= 4 is 0 Å². The predicted molar refractivity (Wildman–Crippen MR) is 63.0 cm³/mol. The van der Waals surface area contributed by atoms with Crippen LogP contribution in [-0.2, 0) is 0 Å². The highest BCUT2D eigenvalue weighted by Gasteiger charge is 2.21. The van der Waals surface area contributed by atoms with Crippen molar-refractivity contribution < 1.29 is 9.50 Å². The van der Waals surface area contributed by atoms with Gasteiger partial charge < -0.3 is 5.11 Å². The molecule has 2 unspecified atom stereocenters. The third kappa shape index (κ3) is 2.62. The number of aliphatic hydroxyl groups is 1. The van der Waals surface area contributed by atoms with Crippen molar-refractivity contribution in [2.75, 3.05) is 0 Å². The first-order valence-corrected chi connectivity index (χ1v) is 6.11. The van der Waals surface area contributed by atoms with E-state index in [0.29, 0.717) is 5.92 Å². The van der Waals surface area contributed by atoms with Crippen molar-refractivity contribution in [3.05, 3.63) is 35.1 Å². The van der Waals surface area contributed by atoms with Gasteiger partial charge in [-0.3, -0.25) is 0 Å². The van der Waals surface area contributed by atoms with Crippen molar-refractivity contribution in [2.24, 2.45) is 0 Å². The highest BCUT2D eigenvalue weighted by atomic mass is 19.1. The molecule has 0 aromatic heterocycles. The van der Waals surface area contributed by atoms with Gasteiger partial charge in [0.15, 0.2) is 0 Å². The zero-order chi connectivity index (χ0) is 11.5. The van der Waals surface area contributed by atoms with Gasteiger partial charge in [0.05, 0.1) is 6.10 Å². The van der Waals surface area contributed by atoms with Gasteiger partial charge in [-0.15, -0.1) is 0 Å². The van der Waals surface area contributed by atoms with E-state index >= 15 is 0 Å². The molecule has 1 aromatic rings. The van der Waals surface area contributed by atoms with Gasteiger partial charge in [0.1, 0.15) is 5.82 Å². The van der Waals surface area contributed by atoms with Crippen LogP contribution in [0.4, 0.5) is 4.39 Å². The minimum Gasteiger partial charge on any atom is -0.393 e. The lowest BCUT2D eigenvalue weighted by Gasteiger charge is -2.19. The summed E-state index contributed by atoms with van der Waals surface area (Å²) < 4.78 is 13.2. The van der Waals surface area contributed by atoms with E-state index in [2.05, 4.69) is 0 Å². The molecule has 0 spiro atoms. The van der Waals surface area contributed by atoms with Gasteiger partial charge in [-0.25, -0.2) is 4.39 Å². The minimum atomic E-state index is -0.213. The summed E-state index contributed by atoms with van der Waals surface area (Å²) in [5.41, 5.74) is 2.22. The molecule has 1 fully saturated rings. The van der Waals surface area contributed by atoms with Gasteiger partial charge in [0.25, 0.3) is 0 Å². The number of benzene rings is 1. The van der Waals surface area contributed by atoms with Gasteiger partial charge in [0.2, 0.25) is 0 Å². The number of rotatable bonds is 1. The van der Waals surface area contributed by atoms with E-state index in [1.165, 1.54) is 6.07 Å². The monoisotopic (exact) mass is 222 g/mol. The molecule has 2 atom stereocenters. The molecule has 1 aromatic carbocycles. The smallest absolute Gasteiger partial charge is 0.123 e. The SMILES string of the molecule is Cc1ccc(F)cc1C1CCCCC(O)C1. The largest absolute Gasteiger partial charge is 0.393 e. The Labute approximate surface area is 96.3 Å².